The minimum atomic E-state index is -0.486. The third kappa shape index (κ3) is 3.17. The zero-order chi connectivity index (χ0) is 17.2. The Morgan fingerprint density at radius 2 is 2.08 bits per heavy atom. The monoisotopic (exact) mass is 339 g/mol. The fraction of sp³-hybridized carbons (Fsp3) is 0.278. The number of nitrogens with one attached hydrogen (secondary N) is 1. The van der Waals surface area contributed by atoms with Crippen molar-refractivity contribution >= 4 is 22.7 Å². The maximum absolute atomic E-state index is 12.9. The molecule has 1 fully saturated rings. The van der Waals surface area contributed by atoms with Crippen LogP contribution in [0.15, 0.2) is 36.5 Å². The Hall–Kier alpha value is -2.96. The van der Waals surface area contributed by atoms with E-state index in [-0.39, 0.29) is 0 Å². The summed E-state index contributed by atoms with van der Waals surface area (Å²) in [6.07, 6.45) is 2.67. The van der Waals surface area contributed by atoms with Crippen LogP contribution in [-0.4, -0.2) is 35.2 Å². The van der Waals surface area contributed by atoms with Gasteiger partial charge in [0.1, 0.15) is 11.6 Å². The van der Waals surface area contributed by atoms with Gasteiger partial charge in [0.15, 0.2) is 0 Å². The highest BCUT2D eigenvalue weighted by atomic mass is 19.1. The number of anilines is 2. The van der Waals surface area contributed by atoms with E-state index in [1.807, 2.05) is 18.2 Å². The topological polar surface area (TPSA) is 63.2 Å². The van der Waals surface area contributed by atoms with Crippen LogP contribution in [0.2, 0.25) is 0 Å². The van der Waals surface area contributed by atoms with E-state index >= 15 is 0 Å². The van der Waals surface area contributed by atoms with Crippen molar-refractivity contribution in [2.75, 3.05) is 30.4 Å². The highest BCUT2D eigenvalue weighted by Gasteiger charge is 2.20. The van der Waals surface area contributed by atoms with Crippen molar-refractivity contribution in [1.29, 1.82) is 0 Å². The van der Waals surface area contributed by atoms with Gasteiger partial charge < -0.3 is 15.0 Å². The molecule has 128 valence electrons. The Morgan fingerprint density at radius 3 is 2.76 bits per heavy atom. The molecule has 1 N–H and O–H groups in total. The van der Waals surface area contributed by atoms with Gasteiger partial charge in [-0.15, -0.1) is 0 Å². The molecule has 4 rings (SSSR count). The van der Waals surface area contributed by atoms with Crippen LogP contribution < -0.4 is 15.0 Å². The van der Waals surface area contributed by atoms with Crippen molar-refractivity contribution in [2.24, 2.45) is 0 Å². The van der Waals surface area contributed by atoms with Crippen molar-refractivity contribution < 1.29 is 9.13 Å². The van der Waals surface area contributed by atoms with E-state index in [1.54, 1.807) is 13.2 Å². The molecule has 6 nitrogen and oxygen atoms in total. The van der Waals surface area contributed by atoms with Crippen molar-refractivity contribution in [1.82, 2.24) is 15.0 Å². The molecular weight excluding hydrogens is 321 g/mol. The molecule has 3 aromatic rings. The maximum atomic E-state index is 12.9. The molecule has 3 heterocycles. The van der Waals surface area contributed by atoms with E-state index in [1.165, 1.54) is 18.7 Å². The van der Waals surface area contributed by atoms with Crippen molar-refractivity contribution in [3.63, 3.8) is 0 Å². The summed E-state index contributed by atoms with van der Waals surface area (Å²) in [6, 6.07) is 8.83. The Kier molecular flexibility index (Phi) is 4.05. The molecule has 0 saturated carbocycles. The van der Waals surface area contributed by atoms with E-state index in [0.29, 0.717) is 12.5 Å². The first-order valence-corrected chi connectivity index (χ1v) is 8.18. The molecule has 0 radical (unpaired) electrons. The fourth-order valence-electron chi connectivity index (χ4n) is 2.76. The molecule has 0 spiro atoms. The highest BCUT2D eigenvalue weighted by molar-refractivity contribution is 5.92. The lowest BCUT2D eigenvalue weighted by atomic mass is 10.1. The Bertz CT molecular complexity index is 896. The summed E-state index contributed by atoms with van der Waals surface area (Å²) in [7, 11) is 1.65. The number of fused-ring (bicyclic) bond motifs is 1. The molecule has 25 heavy (non-hydrogen) atoms. The van der Waals surface area contributed by atoms with E-state index in [2.05, 4.69) is 25.2 Å². The standard InChI is InChI=1S/C18H18FN5O/c1-25-13-4-5-15-14(9-13)17(24-7-2-8-24)23-18(22-15)21-11-12-3-6-16(19)20-10-12/h3-6,9-10H,2,7-8,11H2,1H3,(H,21,22,23). The molecule has 1 aliphatic heterocycles. The van der Waals surface area contributed by atoms with Gasteiger partial charge in [-0.3, -0.25) is 0 Å². The molecular formula is C18H18FN5O. The van der Waals surface area contributed by atoms with Crippen LogP contribution in [0, 0.1) is 5.95 Å². The quantitative estimate of drug-likeness (QED) is 0.721. The number of benzene rings is 1. The lowest BCUT2D eigenvalue weighted by molar-refractivity contribution is 0.415. The summed E-state index contributed by atoms with van der Waals surface area (Å²) in [5, 5.41) is 4.18. The predicted octanol–water partition coefficient (Wildman–Crippen LogP) is 2.99. The number of halogens is 1. The van der Waals surface area contributed by atoms with Crippen molar-refractivity contribution in [2.45, 2.75) is 13.0 Å². The predicted molar refractivity (Wildman–Crippen MR) is 94.4 cm³/mol. The van der Waals surface area contributed by atoms with E-state index < -0.39 is 5.95 Å². The lowest BCUT2D eigenvalue weighted by Gasteiger charge is -2.33. The van der Waals surface area contributed by atoms with Crippen molar-refractivity contribution in [3.8, 4) is 5.75 Å². The molecule has 0 bridgehead atoms. The molecule has 1 saturated heterocycles. The fourth-order valence-corrected chi connectivity index (χ4v) is 2.76. The van der Waals surface area contributed by atoms with E-state index in [9.17, 15) is 4.39 Å². The molecule has 0 aliphatic carbocycles. The normalized spacial score (nSPS) is 13.6. The second-order valence-electron chi connectivity index (χ2n) is 5.94. The minimum Gasteiger partial charge on any atom is -0.497 e. The first-order valence-electron chi connectivity index (χ1n) is 8.18. The summed E-state index contributed by atoms with van der Waals surface area (Å²) >= 11 is 0. The SMILES string of the molecule is COc1ccc2nc(NCc3ccc(F)nc3)nc(N3CCC3)c2c1. The van der Waals surface area contributed by atoms with Crippen LogP contribution in [0.25, 0.3) is 10.9 Å². The number of hydrogen-bond acceptors (Lipinski definition) is 6. The van der Waals surface area contributed by atoms with Gasteiger partial charge in [0.2, 0.25) is 11.9 Å². The van der Waals surface area contributed by atoms with Gasteiger partial charge >= 0.3 is 0 Å². The molecule has 0 atom stereocenters. The minimum absolute atomic E-state index is 0.481. The van der Waals surface area contributed by atoms with Gasteiger partial charge in [-0.2, -0.15) is 9.37 Å². The van der Waals surface area contributed by atoms with Crippen molar-refractivity contribution in [3.05, 3.63) is 48.0 Å². The number of nitrogens with zero attached hydrogens (tertiary/aromatic N) is 4. The number of rotatable bonds is 5. The third-order valence-electron chi connectivity index (χ3n) is 4.28. The maximum Gasteiger partial charge on any atom is 0.225 e. The van der Waals surface area contributed by atoms with Gasteiger partial charge in [0.05, 0.1) is 12.6 Å². The highest BCUT2D eigenvalue weighted by Crippen LogP contribution is 2.31. The average Bonchev–Trinajstić information content (AvgIpc) is 2.59. The molecule has 2 aromatic heterocycles. The largest absolute Gasteiger partial charge is 0.497 e. The smallest absolute Gasteiger partial charge is 0.225 e. The number of aromatic nitrogens is 3. The molecule has 0 unspecified atom stereocenters. The van der Waals surface area contributed by atoms with Crippen LogP contribution in [-0.2, 0) is 6.54 Å². The van der Waals surface area contributed by atoms with E-state index in [0.717, 1.165) is 41.1 Å². The van der Waals surface area contributed by atoms with Crippen LogP contribution >= 0.6 is 0 Å². The van der Waals surface area contributed by atoms with Crippen LogP contribution in [0.4, 0.5) is 16.2 Å². The molecule has 1 aromatic carbocycles. The first-order chi connectivity index (χ1) is 12.2. The summed E-state index contributed by atoms with van der Waals surface area (Å²) in [5.74, 6) is 1.76. The van der Waals surface area contributed by atoms with Gasteiger partial charge in [0, 0.05) is 31.2 Å². The van der Waals surface area contributed by atoms with Gasteiger partial charge in [-0.1, -0.05) is 6.07 Å². The number of ether oxygens (including phenoxy) is 1. The summed E-state index contributed by atoms with van der Waals surface area (Å²) in [4.78, 5) is 15.2. The summed E-state index contributed by atoms with van der Waals surface area (Å²) in [6.45, 7) is 2.46. The molecule has 1 aliphatic rings. The van der Waals surface area contributed by atoms with Crippen LogP contribution in [0.5, 0.6) is 5.75 Å². The lowest BCUT2D eigenvalue weighted by Crippen LogP contribution is -2.38. The Balaban J connectivity index is 1.65. The van der Waals surface area contributed by atoms with E-state index in [4.69, 9.17) is 4.74 Å². The first kappa shape index (κ1) is 15.6. The van der Waals surface area contributed by atoms with Gasteiger partial charge in [-0.05, 0) is 36.2 Å². The van der Waals surface area contributed by atoms with Crippen LogP contribution in [0.1, 0.15) is 12.0 Å². The summed E-state index contributed by atoms with van der Waals surface area (Å²) in [5.41, 5.74) is 1.72. The zero-order valence-corrected chi connectivity index (χ0v) is 13.9. The Morgan fingerprint density at radius 1 is 1.20 bits per heavy atom. The van der Waals surface area contributed by atoms with Crippen LogP contribution in [0.3, 0.4) is 0 Å². The molecule has 0 amide bonds. The third-order valence-corrected chi connectivity index (χ3v) is 4.28. The average molecular weight is 339 g/mol. The van der Waals surface area contributed by atoms with Gasteiger partial charge in [-0.25, -0.2) is 9.97 Å². The number of hydrogen-bond donors (Lipinski definition) is 1. The summed E-state index contributed by atoms with van der Waals surface area (Å²) < 4.78 is 18.2. The van der Waals surface area contributed by atoms with Gasteiger partial charge in [0.25, 0.3) is 0 Å². The number of pyridine rings is 1. The second-order valence-corrected chi connectivity index (χ2v) is 5.94. The zero-order valence-electron chi connectivity index (χ0n) is 13.9. The Labute approximate surface area is 144 Å². The second kappa shape index (κ2) is 6.51. The number of methoxy groups -OCH3 is 1. The molecule has 7 heteroatoms.